The van der Waals surface area contributed by atoms with Crippen LogP contribution in [0, 0.1) is 0 Å². The Balaban J connectivity index is 1.70. The number of carbonyl (C=O) groups is 1. The van der Waals surface area contributed by atoms with E-state index in [0.29, 0.717) is 11.3 Å². The van der Waals surface area contributed by atoms with Crippen molar-refractivity contribution in [2.45, 2.75) is 4.90 Å². The number of carbonyl (C=O) groups excluding carboxylic acids is 1. The van der Waals surface area contributed by atoms with Crippen molar-refractivity contribution >= 4 is 27.4 Å². The summed E-state index contributed by atoms with van der Waals surface area (Å²) in [7, 11) is -2.41. The summed E-state index contributed by atoms with van der Waals surface area (Å²) in [6.07, 6.45) is 3.00. The lowest BCUT2D eigenvalue weighted by Gasteiger charge is -2.09. The number of aromatic nitrogens is 3. The van der Waals surface area contributed by atoms with Gasteiger partial charge < -0.3 is 10.1 Å². The highest BCUT2D eigenvalue weighted by Crippen LogP contribution is 2.18. The molecule has 27 heavy (non-hydrogen) atoms. The first kappa shape index (κ1) is 18.3. The van der Waals surface area contributed by atoms with E-state index in [9.17, 15) is 13.2 Å². The van der Waals surface area contributed by atoms with Crippen LogP contribution in [0.1, 0.15) is 10.4 Å². The molecule has 0 radical (unpaired) electrons. The lowest BCUT2D eigenvalue weighted by molar-refractivity contribution is 0.102. The molecule has 0 aliphatic carbocycles. The minimum absolute atomic E-state index is 0.0134. The summed E-state index contributed by atoms with van der Waals surface area (Å²) in [5, 5.41) is 10.1. The molecule has 1 amide bonds. The third-order valence-electron chi connectivity index (χ3n) is 3.43. The Hall–Kier alpha value is -3.53. The maximum atomic E-state index is 12.4. The van der Waals surface area contributed by atoms with E-state index in [2.05, 4.69) is 25.2 Å². The van der Waals surface area contributed by atoms with Crippen molar-refractivity contribution in [3.05, 3.63) is 66.5 Å². The lowest BCUT2D eigenvalue weighted by Crippen LogP contribution is -2.15. The van der Waals surface area contributed by atoms with Crippen LogP contribution in [0.15, 0.2) is 65.8 Å². The average Bonchev–Trinajstić information content (AvgIpc) is 2.69. The number of sulfonamides is 1. The van der Waals surface area contributed by atoms with E-state index < -0.39 is 10.0 Å². The normalized spacial score (nSPS) is 10.9. The first-order valence-corrected chi connectivity index (χ1v) is 9.18. The Labute approximate surface area is 155 Å². The Morgan fingerprint density at radius 1 is 1.04 bits per heavy atom. The van der Waals surface area contributed by atoms with E-state index in [0.717, 1.165) is 0 Å². The second kappa shape index (κ2) is 7.79. The summed E-state index contributed by atoms with van der Waals surface area (Å²) in [6.45, 7) is 0. The summed E-state index contributed by atoms with van der Waals surface area (Å²) >= 11 is 0. The maximum absolute atomic E-state index is 12.4. The first-order chi connectivity index (χ1) is 13.0. The molecule has 0 fully saturated rings. The number of hydrogen-bond donors (Lipinski definition) is 2. The molecule has 0 atom stereocenters. The van der Waals surface area contributed by atoms with Crippen LogP contribution in [0.25, 0.3) is 0 Å². The van der Waals surface area contributed by atoms with Gasteiger partial charge in [0.1, 0.15) is 0 Å². The van der Waals surface area contributed by atoms with Crippen molar-refractivity contribution in [2.24, 2.45) is 0 Å². The zero-order valence-electron chi connectivity index (χ0n) is 14.2. The number of pyridine rings is 1. The van der Waals surface area contributed by atoms with Crippen LogP contribution in [0.2, 0.25) is 0 Å². The summed E-state index contributed by atoms with van der Waals surface area (Å²) in [5.41, 5.74) is 0.848. The highest BCUT2D eigenvalue weighted by Gasteiger charge is 2.15. The van der Waals surface area contributed by atoms with Gasteiger partial charge in [0.15, 0.2) is 5.82 Å². The van der Waals surface area contributed by atoms with Gasteiger partial charge in [-0.2, -0.15) is 0 Å². The molecule has 0 aliphatic heterocycles. The third kappa shape index (κ3) is 4.55. The van der Waals surface area contributed by atoms with Gasteiger partial charge >= 0.3 is 0 Å². The molecule has 0 saturated carbocycles. The molecule has 138 valence electrons. The van der Waals surface area contributed by atoms with E-state index in [1.165, 1.54) is 49.7 Å². The zero-order valence-corrected chi connectivity index (χ0v) is 15.0. The van der Waals surface area contributed by atoms with Crippen LogP contribution < -0.4 is 14.8 Å². The van der Waals surface area contributed by atoms with Crippen LogP contribution in [-0.2, 0) is 10.0 Å². The van der Waals surface area contributed by atoms with Crippen LogP contribution in [-0.4, -0.2) is 36.6 Å². The Kier molecular flexibility index (Phi) is 5.27. The number of nitrogens with zero attached hydrogens (tertiary/aromatic N) is 3. The van der Waals surface area contributed by atoms with Crippen LogP contribution in [0.4, 0.5) is 11.5 Å². The predicted octanol–water partition coefficient (Wildman–Crippen LogP) is 1.93. The molecular weight excluding hydrogens is 370 g/mol. The maximum Gasteiger partial charge on any atom is 0.263 e. The van der Waals surface area contributed by atoms with E-state index in [-0.39, 0.29) is 22.5 Å². The van der Waals surface area contributed by atoms with Gasteiger partial charge in [-0.15, -0.1) is 10.2 Å². The number of anilines is 2. The molecule has 0 saturated heterocycles. The monoisotopic (exact) mass is 385 g/mol. The smallest absolute Gasteiger partial charge is 0.263 e. The molecule has 10 heteroatoms. The molecule has 0 unspecified atom stereocenters. The second-order valence-electron chi connectivity index (χ2n) is 5.29. The van der Waals surface area contributed by atoms with Gasteiger partial charge in [0, 0.05) is 24.1 Å². The fourth-order valence-electron chi connectivity index (χ4n) is 2.10. The van der Waals surface area contributed by atoms with Gasteiger partial charge in [-0.05, 0) is 42.5 Å². The molecule has 0 aliphatic rings. The summed E-state index contributed by atoms with van der Waals surface area (Å²) in [6, 6.07) is 11.9. The SMILES string of the molecule is COc1ccc(NS(=O)(=O)c2ccc(NC(=O)c3cccnc3)cc2)nn1. The largest absolute Gasteiger partial charge is 0.480 e. The van der Waals surface area contributed by atoms with Crippen LogP contribution in [0.5, 0.6) is 5.88 Å². The molecule has 2 N–H and O–H groups in total. The molecule has 3 aromatic rings. The number of ether oxygens (including phenoxy) is 1. The zero-order chi connectivity index (χ0) is 19.3. The molecule has 9 nitrogen and oxygen atoms in total. The van der Waals surface area contributed by atoms with Gasteiger partial charge in [0.05, 0.1) is 17.6 Å². The number of nitrogens with one attached hydrogen (secondary N) is 2. The minimum Gasteiger partial charge on any atom is -0.480 e. The van der Waals surface area contributed by atoms with E-state index >= 15 is 0 Å². The Morgan fingerprint density at radius 3 is 2.41 bits per heavy atom. The highest BCUT2D eigenvalue weighted by atomic mass is 32.2. The van der Waals surface area contributed by atoms with Gasteiger partial charge in [0.2, 0.25) is 5.88 Å². The van der Waals surface area contributed by atoms with Gasteiger partial charge in [-0.25, -0.2) is 8.42 Å². The van der Waals surface area contributed by atoms with Crippen molar-refractivity contribution in [1.29, 1.82) is 0 Å². The molecule has 2 heterocycles. The summed E-state index contributed by atoms with van der Waals surface area (Å²) < 4.78 is 32.0. The predicted molar refractivity (Wildman–Crippen MR) is 98.0 cm³/mol. The van der Waals surface area contributed by atoms with Crippen molar-refractivity contribution in [3.63, 3.8) is 0 Å². The number of methoxy groups -OCH3 is 1. The average molecular weight is 385 g/mol. The topological polar surface area (TPSA) is 123 Å². The van der Waals surface area contributed by atoms with Gasteiger partial charge in [-0.3, -0.25) is 14.5 Å². The molecule has 0 bridgehead atoms. The highest BCUT2D eigenvalue weighted by molar-refractivity contribution is 7.92. The van der Waals surface area contributed by atoms with Gasteiger partial charge in [0.25, 0.3) is 15.9 Å². The molecule has 3 rings (SSSR count). The Bertz CT molecular complexity index is 1020. The molecule has 0 spiro atoms. The van der Waals surface area contributed by atoms with Crippen LogP contribution in [0.3, 0.4) is 0 Å². The quantitative estimate of drug-likeness (QED) is 0.664. The van der Waals surface area contributed by atoms with Crippen molar-refractivity contribution in [1.82, 2.24) is 15.2 Å². The van der Waals surface area contributed by atoms with Gasteiger partial charge in [-0.1, -0.05) is 0 Å². The summed E-state index contributed by atoms with van der Waals surface area (Å²) in [4.78, 5) is 16.0. The van der Waals surface area contributed by atoms with Crippen molar-refractivity contribution in [2.75, 3.05) is 17.1 Å². The number of amides is 1. The molecular formula is C17H15N5O4S. The second-order valence-corrected chi connectivity index (χ2v) is 6.97. The lowest BCUT2D eigenvalue weighted by atomic mass is 10.2. The van der Waals surface area contributed by atoms with Crippen molar-refractivity contribution < 1.29 is 17.9 Å². The van der Waals surface area contributed by atoms with Crippen LogP contribution >= 0.6 is 0 Å². The van der Waals surface area contributed by atoms with E-state index in [1.54, 1.807) is 18.3 Å². The fraction of sp³-hybridized carbons (Fsp3) is 0.0588. The number of benzene rings is 1. The molecule has 2 aromatic heterocycles. The summed E-state index contributed by atoms with van der Waals surface area (Å²) in [5.74, 6) is -0.0123. The fourth-order valence-corrected chi connectivity index (χ4v) is 3.09. The Morgan fingerprint density at radius 2 is 1.81 bits per heavy atom. The van der Waals surface area contributed by atoms with E-state index in [4.69, 9.17) is 4.74 Å². The standard InChI is InChI=1S/C17H15N5O4S/c1-26-16-9-8-15(20-21-16)22-27(24,25)14-6-4-13(5-7-14)19-17(23)12-3-2-10-18-11-12/h2-11H,1H3,(H,19,23)(H,20,22). The third-order valence-corrected chi connectivity index (χ3v) is 4.80. The molecule has 1 aromatic carbocycles. The minimum atomic E-state index is -3.85. The first-order valence-electron chi connectivity index (χ1n) is 7.70. The number of rotatable bonds is 6. The van der Waals surface area contributed by atoms with Crippen molar-refractivity contribution in [3.8, 4) is 5.88 Å². The van der Waals surface area contributed by atoms with E-state index in [1.807, 2.05) is 0 Å². The number of hydrogen-bond acceptors (Lipinski definition) is 7.